The van der Waals surface area contributed by atoms with Gasteiger partial charge >= 0.3 is 12.4 Å². The van der Waals surface area contributed by atoms with Gasteiger partial charge in [-0.05, 0) is 0 Å². The predicted molar refractivity (Wildman–Crippen MR) is 37.8 cm³/mol. The van der Waals surface area contributed by atoms with Crippen molar-refractivity contribution < 1.29 is 26.3 Å². The molecule has 0 radical (unpaired) electrons. The zero-order valence-corrected chi connectivity index (χ0v) is 7.69. The van der Waals surface area contributed by atoms with Gasteiger partial charge < -0.3 is 0 Å². The van der Waals surface area contributed by atoms with Gasteiger partial charge in [0.15, 0.2) is 0 Å². The van der Waals surface area contributed by atoms with E-state index < -0.39 is 34.3 Å². The minimum atomic E-state index is -5.02. The summed E-state index contributed by atoms with van der Waals surface area (Å²) in [6, 6.07) is 0. The number of halogens is 8. The van der Waals surface area contributed by atoms with E-state index in [1.54, 1.807) is 0 Å². The molecule has 0 aliphatic heterocycles. The highest BCUT2D eigenvalue weighted by Crippen LogP contribution is 2.58. The average molecular weight is 259 g/mol. The second-order valence-electron chi connectivity index (χ2n) is 2.73. The van der Waals surface area contributed by atoms with Crippen molar-refractivity contribution in [1.82, 2.24) is 0 Å². The third-order valence-corrected chi connectivity index (χ3v) is 2.79. The fourth-order valence-electron chi connectivity index (χ4n) is 1.16. The lowest BCUT2D eigenvalue weighted by atomic mass is 9.80. The van der Waals surface area contributed by atoms with Gasteiger partial charge in [-0.25, -0.2) is 0 Å². The molecule has 82 valence electrons. The lowest BCUT2D eigenvalue weighted by molar-refractivity contribution is -0.242. The van der Waals surface area contributed by atoms with Crippen LogP contribution in [0.25, 0.3) is 0 Å². The Hall–Kier alpha value is -0.100. The molecule has 0 spiro atoms. The van der Waals surface area contributed by atoms with Crippen molar-refractivity contribution in [3.05, 3.63) is 10.1 Å². The van der Waals surface area contributed by atoms with E-state index in [2.05, 4.69) is 0 Å². The first-order chi connectivity index (χ1) is 6.07. The molecule has 14 heavy (non-hydrogen) atoms. The smallest absolute Gasteiger partial charge is 0.170 e. The highest BCUT2D eigenvalue weighted by Gasteiger charge is 2.64. The van der Waals surface area contributed by atoms with E-state index in [0.29, 0.717) is 0 Å². The molecule has 0 amide bonds. The number of hydrogen-bond donors (Lipinski definition) is 0. The molecule has 1 rings (SSSR count). The summed E-state index contributed by atoms with van der Waals surface area (Å²) in [7, 11) is 0. The molecule has 0 nitrogen and oxygen atoms in total. The van der Waals surface area contributed by atoms with Gasteiger partial charge in [0, 0.05) is 10.1 Å². The summed E-state index contributed by atoms with van der Waals surface area (Å²) < 4.78 is 72.2. The van der Waals surface area contributed by atoms with Crippen LogP contribution in [-0.2, 0) is 0 Å². The van der Waals surface area contributed by atoms with E-state index in [-0.39, 0.29) is 0 Å². The molecule has 2 atom stereocenters. The van der Waals surface area contributed by atoms with E-state index in [0.717, 1.165) is 0 Å². The Morgan fingerprint density at radius 2 is 0.929 bits per heavy atom. The molecular weight excluding hydrogens is 257 g/mol. The Bertz CT molecular complexity index is 247. The predicted octanol–water partition coefficient (Wildman–Crippen LogP) is 4.05. The van der Waals surface area contributed by atoms with Gasteiger partial charge in [-0.2, -0.15) is 26.3 Å². The van der Waals surface area contributed by atoms with Crippen molar-refractivity contribution in [3.8, 4) is 0 Å². The molecule has 0 saturated carbocycles. The quantitative estimate of drug-likeness (QED) is 0.576. The van der Waals surface area contributed by atoms with Crippen molar-refractivity contribution in [3.63, 3.8) is 0 Å². The van der Waals surface area contributed by atoms with Crippen LogP contribution >= 0.6 is 23.2 Å². The lowest BCUT2D eigenvalue weighted by Crippen LogP contribution is -2.46. The van der Waals surface area contributed by atoms with E-state index >= 15 is 0 Å². The van der Waals surface area contributed by atoms with Crippen LogP contribution in [-0.4, -0.2) is 12.4 Å². The third kappa shape index (κ3) is 1.82. The van der Waals surface area contributed by atoms with Crippen LogP contribution in [0.2, 0.25) is 0 Å². The van der Waals surface area contributed by atoms with Crippen LogP contribution in [0.4, 0.5) is 26.3 Å². The monoisotopic (exact) mass is 258 g/mol. The number of alkyl halides is 6. The van der Waals surface area contributed by atoms with Gasteiger partial charge in [0.2, 0.25) is 0 Å². The zero-order chi connectivity index (χ0) is 11.3. The van der Waals surface area contributed by atoms with Gasteiger partial charge in [0.1, 0.15) is 11.8 Å². The maximum atomic E-state index is 12.0. The van der Waals surface area contributed by atoms with Crippen molar-refractivity contribution in [1.29, 1.82) is 0 Å². The first-order valence-electron chi connectivity index (χ1n) is 3.25. The molecular formula is C6H2Cl2F6. The molecule has 0 N–H and O–H groups in total. The second-order valence-corrected chi connectivity index (χ2v) is 3.55. The zero-order valence-electron chi connectivity index (χ0n) is 6.18. The van der Waals surface area contributed by atoms with Gasteiger partial charge in [-0.1, -0.05) is 23.2 Å². The van der Waals surface area contributed by atoms with Crippen molar-refractivity contribution in [2.24, 2.45) is 11.8 Å². The molecule has 0 bridgehead atoms. The van der Waals surface area contributed by atoms with Crippen LogP contribution in [0, 0.1) is 11.8 Å². The van der Waals surface area contributed by atoms with Crippen LogP contribution in [0.5, 0.6) is 0 Å². The van der Waals surface area contributed by atoms with Crippen LogP contribution < -0.4 is 0 Å². The highest BCUT2D eigenvalue weighted by atomic mass is 35.5. The van der Waals surface area contributed by atoms with E-state index in [1.807, 2.05) is 0 Å². The van der Waals surface area contributed by atoms with Gasteiger partial charge in [0.25, 0.3) is 0 Å². The molecule has 0 saturated heterocycles. The first-order valence-corrected chi connectivity index (χ1v) is 4.01. The summed E-state index contributed by atoms with van der Waals surface area (Å²) in [6.07, 6.45) is -10.0. The van der Waals surface area contributed by atoms with E-state index in [4.69, 9.17) is 23.2 Å². The summed E-state index contributed by atoms with van der Waals surface area (Å²) in [4.78, 5) is 0. The number of hydrogen-bond acceptors (Lipinski definition) is 0. The molecule has 8 heteroatoms. The second kappa shape index (κ2) is 3.20. The molecule has 0 aromatic heterocycles. The van der Waals surface area contributed by atoms with Crippen molar-refractivity contribution in [2.45, 2.75) is 12.4 Å². The molecule has 0 aromatic carbocycles. The van der Waals surface area contributed by atoms with Crippen LogP contribution in [0.3, 0.4) is 0 Å². The summed E-state index contributed by atoms with van der Waals surface area (Å²) >= 11 is 9.96. The van der Waals surface area contributed by atoms with Crippen LogP contribution in [0.15, 0.2) is 10.1 Å². The minimum Gasteiger partial charge on any atom is -0.170 e. The Kier molecular flexibility index (Phi) is 2.73. The topological polar surface area (TPSA) is 0 Å². The summed E-state index contributed by atoms with van der Waals surface area (Å²) in [5, 5.41) is -1.94. The van der Waals surface area contributed by atoms with Gasteiger partial charge in [-0.15, -0.1) is 0 Å². The first kappa shape index (κ1) is 12.0. The average Bonchev–Trinajstić information content (AvgIpc) is 1.93. The van der Waals surface area contributed by atoms with E-state index in [1.165, 1.54) is 0 Å². The maximum Gasteiger partial charge on any atom is 0.397 e. The molecule has 1 aliphatic rings. The highest BCUT2D eigenvalue weighted by molar-refractivity contribution is 6.41. The fraction of sp³-hybridized carbons (Fsp3) is 0.667. The lowest BCUT2D eigenvalue weighted by Gasteiger charge is -2.38. The normalized spacial score (nSPS) is 29.1. The Morgan fingerprint density at radius 1 is 0.714 bits per heavy atom. The molecule has 1 aliphatic carbocycles. The van der Waals surface area contributed by atoms with Crippen molar-refractivity contribution in [2.75, 3.05) is 0 Å². The largest absolute Gasteiger partial charge is 0.397 e. The minimum absolute atomic E-state index is 0.971. The maximum absolute atomic E-state index is 12.0. The fourth-order valence-corrected chi connectivity index (χ4v) is 1.89. The summed E-state index contributed by atoms with van der Waals surface area (Å²) in [5.41, 5.74) is 0. The third-order valence-electron chi connectivity index (χ3n) is 1.81. The van der Waals surface area contributed by atoms with Crippen LogP contribution in [0.1, 0.15) is 0 Å². The Morgan fingerprint density at radius 3 is 1.07 bits per heavy atom. The van der Waals surface area contributed by atoms with Gasteiger partial charge in [0.05, 0.1) is 0 Å². The Labute approximate surface area is 84.5 Å². The Balaban J connectivity index is 3.02. The molecule has 2 unspecified atom stereocenters. The summed E-state index contributed by atoms with van der Waals surface area (Å²) in [6.45, 7) is 0. The number of rotatable bonds is 0. The van der Waals surface area contributed by atoms with Crippen molar-refractivity contribution >= 4 is 23.2 Å². The number of allylic oxidation sites excluding steroid dienone is 2. The van der Waals surface area contributed by atoms with E-state index in [9.17, 15) is 26.3 Å². The van der Waals surface area contributed by atoms with Gasteiger partial charge in [-0.3, -0.25) is 0 Å². The standard InChI is InChI=1S/C6H2Cl2F6/c7-3-1(5(9,10)11)2(4(3)8)6(12,13)14/h1-2H. The summed E-state index contributed by atoms with van der Waals surface area (Å²) in [5.74, 6) is -5.42. The molecule has 0 aromatic rings. The molecule has 0 heterocycles. The molecule has 0 fully saturated rings. The SMILES string of the molecule is FC(F)(F)C1C(Cl)=C(Cl)C1C(F)(F)F.